The van der Waals surface area contributed by atoms with Crippen molar-refractivity contribution >= 4 is 17.7 Å². The topological polar surface area (TPSA) is 46.1 Å². The summed E-state index contributed by atoms with van der Waals surface area (Å²) in [7, 11) is 0. The van der Waals surface area contributed by atoms with E-state index in [2.05, 4.69) is 30.7 Å². The van der Waals surface area contributed by atoms with Crippen molar-refractivity contribution in [3.05, 3.63) is 53.6 Å². The molecule has 2 aromatic rings. The van der Waals surface area contributed by atoms with Crippen LogP contribution in [0.25, 0.3) is 0 Å². The first-order valence-electron chi connectivity index (χ1n) is 7.74. The number of hydrogen-bond acceptors (Lipinski definition) is 4. The van der Waals surface area contributed by atoms with E-state index in [-0.39, 0.29) is 11.3 Å². The zero-order valence-corrected chi connectivity index (χ0v) is 14.6. The van der Waals surface area contributed by atoms with Crippen molar-refractivity contribution in [2.75, 3.05) is 5.75 Å². The molecule has 1 aliphatic heterocycles. The molecule has 1 aliphatic rings. The van der Waals surface area contributed by atoms with E-state index in [1.807, 2.05) is 41.4 Å². The molecule has 0 radical (unpaired) electrons. The fourth-order valence-electron chi connectivity index (χ4n) is 2.44. The first-order chi connectivity index (χ1) is 10.9. The van der Waals surface area contributed by atoms with Gasteiger partial charge in [0.15, 0.2) is 0 Å². The number of carbonyl (C=O) groups is 1. The number of amides is 1. The second-order valence-electron chi connectivity index (χ2n) is 6.77. The van der Waals surface area contributed by atoms with E-state index in [0.717, 1.165) is 22.0 Å². The van der Waals surface area contributed by atoms with Gasteiger partial charge in [0.25, 0.3) is 0 Å². The van der Waals surface area contributed by atoms with Crippen LogP contribution in [0.4, 0.5) is 0 Å². The van der Waals surface area contributed by atoms with Gasteiger partial charge in [0.05, 0.1) is 18.0 Å². The highest BCUT2D eigenvalue weighted by molar-refractivity contribution is 8.00. The number of rotatable bonds is 3. The van der Waals surface area contributed by atoms with Crippen LogP contribution in [0.5, 0.6) is 0 Å². The second kappa shape index (κ2) is 6.32. The molecule has 4 nitrogen and oxygen atoms in total. The monoisotopic (exact) mass is 327 g/mol. The first-order valence-corrected chi connectivity index (χ1v) is 8.73. The summed E-state index contributed by atoms with van der Waals surface area (Å²) in [6.45, 7) is 7.51. The van der Waals surface area contributed by atoms with Gasteiger partial charge < -0.3 is 4.90 Å². The van der Waals surface area contributed by atoms with E-state index in [4.69, 9.17) is 0 Å². The van der Waals surface area contributed by atoms with Crippen molar-refractivity contribution < 1.29 is 4.79 Å². The lowest BCUT2D eigenvalue weighted by atomic mass is 9.95. The highest BCUT2D eigenvalue weighted by Gasteiger charge is 2.27. The third kappa shape index (κ3) is 3.72. The van der Waals surface area contributed by atoms with Crippen molar-refractivity contribution in [2.45, 2.75) is 44.2 Å². The van der Waals surface area contributed by atoms with Crippen LogP contribution >= 0.6 is 11.8 Å². The van der Waals surface area contributed by atoms with E-state index < -0.39 is 0 Å². The van der Waals surface area contributed by atoms with Gasteiger partial charge in [-0.15, -0.1) is 11.8 Å². The summed E-state index contributed by atoms with van der Waals surface area (Å²) in [6.07, 6.45) is 1.88. The van der Waals surface area contributed by atoms with E-state index in [9.17, 15) is 4.79 Å². The van der Waals surface area contributed by atoms with Crippen LogP contribution in [0.15, 0.2) is 41.4 Å². The van der Waals surface area contributed by atoms with Crippen LogP contribution in [0, 0.1) is 0 Å². The van der Waals surface area contributed by atoms with Gasteiger partial charge in [-0.3, -0.25) is 4.79 Å². The van der Waals surface area contributed by atoms with Crippen LogP contribution in [-0.2, 0) is 23.3 Å². The third-order valence-corrected chi connectivity index (χ3v) is 4.78. The summed E-state index contributed by atoms with van der Waals surface area (Å²) in [5.74, 6) is 1.44. The Bertz CT molecular complexity index is 710. The number of carbonyl (C=O) groups excluding carboxylic acids is 1. The molecule has 0 bridgehead atoms. The second-order valence-corrected chi connectivity index (χ2v) is 7.82. The minimum Gasteiger partial charge on any atom is -0.332 e. The van der Waals surface area contributed by atoms with Crippen LogP contribution in [0.1, 0.15) is 37.9 Å². The molecule has 0 saturated carbocycles. The Labute approximate surface area is 141 Å². The summed E-state index contributed by atoms with van der Waals surface area (Å²) >= 11 is 1.57. The fourth-order valence-corrected chi connectivity index (χ4v) is 3.27. The maximum atomic E-state index is 12.4. The van der Waals surface area contributed by atoms with Crippen molar-refractivity contribution in [3.8, 4) is 0 Å². The van der Waals surface area contributed by atoms with Crippen LogP contribution < -0.4 is 0 Å². The predicted octanol–water partition coefficient (Wildman–Crippen LogP) is 3.41. The molecule has 3 rings (SSSR count). The van der Waals surface area contributed by atoms with Crippen LogP contribution in [-0.4, -0.2) is 26.5 Å². The van der Waals surface area contributed by atoms with Crippen LogP contribution in [0.3, 0.4) is 0 Å². The normalized spacial score (nSPS) is 14.0. The molecule has 0 fully saturated rings. The molecule has 1 aromatic heterocycles. The predicted molar refractivity (Wildman–Crippen MR) is 92.2 cm³/mol. The number of thioether (sulfide) groups is 1. The fraction of sp³-hybridized carbons (Fsp3) is 0.389. The number of benzene rings is 1. The Morgan fingerprint density at radius 1 is 1.22 bits per heavy atom. The standard InChI is InChI=1S/C18H21N3OS/c1-18(2,3)17-19-9-13-10-21(11-15(13)20-17)16(22)12-23-14-7-5-4-6-8-14/h4-9H,10-12H2,1-3H3. The van der Waals surface area contributed by atoms with E-state index in [1.165, 1.54) is 0 Å². The summed E-state index contributed by atoms with van der Waals surface area (Å²) in [5, 5.41) is 0. The summed E-state index contributed by atoms with van der Waals surface area (Å²) in [5.41, 5.74) is 1.98. The Balaban J connectivity index is 1.64. The summed E-state index contributed by atoms with van der Waals surface area (Å²) in [4.78, 5) is 24.5. The Kier molecular flexibility index (Phi) is 4.39. The maximum Gasteiger partial charge on any atom is 0.233 e. The van der Waals surface area contributed by atoms with Crippen molar-refractivity contribution in [1.29, 1.82) is 0 Å². The molecule has 120 valence electrons. The molecule has 1 amide bonds. The lowest BCUT2D eigenvalue weighted by Gasteiger charge is -2.16. The molecule has 0 atom stereocenters. The summed E-state index contributed by atoms with van der Waals surface area (Å²) < 4.78 is 0. The third-order valence-electron chi connectivity index (χ3n) is 3.79. The highest BCUT2D eigenvalue weighted by atomic mass is 32.2. The van der Waals surface area contributed by atoms with Gasteiger partial charge in [-0.2, -0.15) is 0 Å². The molecule has 0 saturated heterocycles. The van der Waals surface area contributed by atoms with Gasteiger partial charge in [0, 0.05) is 28.6 Å². The number of fused-ring (bicyclic) bond motifs is 1. The van der Waals surface area contributed by atoms with Gasteiger partial charge >= 0.3 is 0 Å². The Morgan fingerprint density at radius 2 is 1.96 bits per heavy atom. The van der Waals surface area contributed by atoms with Crippen molar-refractivity contribution in [3.63, 3.8) is 0 Å². The molecule has 0 N–H and O–H groups in total. The average molecular weight is 327 g/mol. The van der Waals surface area contributed by atoms with Gasteiger partial charge in [-0.05, 0) is 12.1 Å². The van der Waals surface area contributed by atoms with Crippen molar-refractivity contribution in [1.82, 2.24) is 14.9 Å². The first kappa shape index (κ1) is 16.0. The smallest absolute Gasteiger partial charge is 0.233 e. The van der Waals surface area contributed by atoms with Gasteiger partial charge in [0.2, 0.25) is 5.91 Å². The van der Waals surface area contributed by atoms with Crippen LogP contribution in [0.2, 0.25) is 0 Å². The molecular formula is C18H21N3OS. The molecule has 0 unspecified atom stereocenters. The largest absolute Gasteiger partial charge is 0.332 e. The number of hydrogen-bond donors (Lipinski definition) is 0. The quantitative estimate of drug-likeness (QED) is 0.811. The molecule has 1 aromatic carbocycles. The zero-order valence-electron chi connectivity index (χ0n) is 13.7. The zero-order chi connectivity index (χ0) is 16.4. The molecule has 0 spiro atoms. The summed E-state index contributed by atoms with van der Waals surface area (Å²) in [6, 6.07) is 10.0. The number of nitrogens with zero attached hydrogens (tertiary/aromatic N) is 3. The average Bonchev–Trinajstić information content (AvgIpc) is 2.96. The maximum absolute atomic E-state index is 12.4. The lowest BCUT2D eigenvalue weighted by Crippen LogP contribution is -2.27. The minimum atomic E-state index is -0.0738. The Hall–Kier alpha value is -1.88. The van der Waals surface area contributed by atoms with Gasteiger partial charge in [-0.25, -0.2) is 9.97 Å². The van der Waals surface area contributed by atoms with Gasteiger partial charge in [-0.1, -0.05) is 39.0 Å². The molecular weight excluding hydrogens is 306 g/mol. The lowest BCUT2D eigenvalue weighted by molar-refractivity contribution is -0.128. The molecule has 2 heterocycles. The van der Waals surface area contributed by atoms with E-state index in [0.29, 0.717) is 18.8 Å². The SMILES string of the molecule is CC(C)(C)c1ncc2c(n1)CN(C(=O)CSc1ccccc1)C2. The molecule has 5 heteroatoms. The van der Waals surface area contributed by atoms with Gasteiger partial charge in [0.1, 0.15) is 5.82 Å². The highest BCUT2D eigenvalue weighted by Crippen LogP contribution is 2.26. The molecule has 23 heavy (non-hydrogen) atoms. The van der Waals surface area contributed by atoms with E-state index >= 15 is 0 Å². The molecule has 0 aliphatic carbocycles. The Morgan fingerprint density at radius 3 is 2.65 bits per heavy atom. The van der Waals surface area contributed by atoms with Crippen molar-refractivity contribution in [2.24, 2.45) is 0 Å². The minimum absolute atomic E-state index is 0.0738. The number of aromatic nitrogens is 2. The van der Waals surface area contributed by atoms with E-state index in [1.54, 1.807) is 11.8 Å².